The number of anilines is 1. The Balaban J connectivity index is 1.50. The summed E-state index contributed by atoms with van der Waals surface area (Å²) in [5.41, 5.74) is 5.22. The second kappa shape index (κ2) is 11.1. The van der Waals surface area contributed by atoms with Crippen molar-refractivity contribution in [3.8, 4) is 5.75 Å². The van der Waals surface area contributed by atoms with Crippen LogP contribution in [0.1, 0.15) is 59.4 Å². The molecule has 42 heavy (non-hydrogen) atoms. The SMILES string of the molecule is CNC(=O)c1cc(NC(=O)c2csc3ccccc23)c2c(c1)C(=O)N(Cc1ccc(OC)cc1)C2c1ccccc1C. The molecule has 1 atom stereocenters. The molecule has 0 fully saturated rings. The molecule has 0 saturated heterocycles. The Morgan fingerprint density at radius 2 is 1.69 bits per heavy atom. The van der Waals surface area contributed by atoms with Gasteiger partial charge in [0.1, 0.15) is 5.75 Å². The van der Waals surface area contributed by atoms with Crippen LogP contribution in [0.25, 0.3) is 10.1 Å². The maximum absolute atomic E-state index is 14.2. The fourth-order valence-electron chi connectivity index (χ4n) is 5.58. The molecule has 2 heterocycles. The van der Waals surface area contributed by atoms with E-state index in [1.54, 1.807) is 31.2 Å². The third-order valence-electron chi connectivity index (χ3n) is 7.71. The van der Waals surface area contributed by atoms with Crippen molar-refractivity contribution in [3.63, 3.8) is 0 Å². The van der Waals surface area contributed by atoms with E-state index in [0.29, 0.717) is 34.5 Å². The van der Waals surface area contributed by atoms with E-state index in [2.05, 4.69) is 10.6 Å². The highest BCUT2D eigenvalue weighted by Gasteiger charge is 2.41. The van der Waals surface area contributed by atoms with Crippen molar-refractivity contribution in [2.24, 2.45) is 0 Å². The van der Waals surface area contributed by atoms with Crippen LogP contribution in [0.5, 0.6) is 5.75 Å². The largest absolute Gasteiger partial charge is 0.497 e. The molecule has 4 aromatic carbocycles. The second-order valence-electron chi connectivity index (χ2n) is 10.2. The van der Waals surface area contributed by atoms with Gasteiger partial charge >= 0.3 is 0 Å². The maximum Gasteiger partial charge on any atom is 0.257 e. The lowest BCUT2D eigenvalue weighted by Crippen LogP contribution is -2.29. The number of hydrogen-bond acceptors (Lipinski definition) is 5. The Morgan fingerprint density at radius 1 is 0.952 bits per heavy atom. The third-order valence-corrected chi connectivity index (χ3v) is 8.68. The number of hydrogen-bond donors (Lipinski definition) is 2. The van der Waals surface area contributed by atoms with Crippen molar-refractivity contribution < 1.29 is 19.1 Å². The predicted molar refractivity (Wildman–Crippen MR) is 165 cm³/mol. The lowest BCUT2D eigenvalue weighted by molar-refractivity contribution is 0.0735. The summed E-state index contributed by atoms with van der Waals surface area (Å²) in [6.45, 7) is 2.34. The fraction of sp³-hybridized carbons (Fsp3) is 0.147. The average molecular weight is 576 g/mol. The standard InChI is InChI=1S/C34H29N3O4S/c1-20-8-4-5-9-24(20)31-30-26(34(40)37(31)18-21-12-14-23(41-3)15-13-21)16-22(32(38)35-2)17-28(30)36-33(39)27-19-42-29-11-7-6-10-25(27)29/h4-17,19,31H,18H2,1-3H3,(H,35,38)(H,36,39). The summed E-state index contributed by atoms with van der Waals surface area (Å²) in [6.07, 6.45) is 0. The molecule has 0 radical (unpaired) electrons. The van der Waals surface area contributed by atoms with Crippen LogP contribution in [0, 0.1) is 6.92 Å². The zero-order chi connectivity index (χ0) is 29.4. The van der Waals surface area contributed by atoms with E-state index in [9.17, 15) is 14.4 Å². The molecule has 0 bridgehead atoms. The lowest BCUT2D eigenvalue weighted by atomic mass is 9.91. The number of fused-ring (bicyclic) bond motifs is 2. The first-order valence-corrected chi connectivity index (χ1v) is 14.4. The van der Waals surface area contributed by atoms with E-state index in [0.717, 1.165) is 32.5 Å². The minimum atomic E-state index is -0.482. The van der Waals surface area contributed by atoms with Crippen molar-refractivity contribution in [2.45, 2.75) is 19.5 Å². The first-order valence-electron chi connectivity index (χ1n) is 13.6. The van der Waals surface area contributed by atoms with Crippen molar-refractivity contribution in [1.82, 2.24) is 10.2 Å². The molecule has 0 aliphatic carbocycles. The molecule has 1 aromatic heterocycles. The number of methoxy groups -OCH3 is 1. The van der Waals surface area contributed by atoms with Gasteiger partial charge in [0.05, 0.1) is 18.7 Å². The van der Waals surface area contributed by atoms with Gasteiger partial charge in [0.2, 0.25) is 0 Å². The van der Waals surface area contributed by atoms with Crippen LogP contribution in [-0.4, -0.2) is 36.8 Å². The van der Waals surface area contributed by atoms with Crippen LogP contribution in [0.15, 0.2) is 90.3 Å². The van der Waals surface area contributed by atoms with E-state index in [4.69, 9.17) is 4.74 Å². The highest BCUT2D eigenvalue weighted by atomic mass is 32.1. The molecule has 3 amide bonds. The van der Waals surface area contributed by atoms with Gasteiger partial charge in [-0.25, -0.2) is 0 Å². The van der Waals surface area contributed by atoms with Crippen LogP contribution in [0.4, 0.5) is 5.69 Å². The Morgan fingerprint density at radius 3 is 2.43 bits per heavy atom. The van der Waals surface area contributed by atoms with Gasteiger partial charge in [0.25, 0.3) is 17.7 Å². The number of rotatable bonds is 7. The van der Waals surface area contributed by atoms with Crippen LogP contribution in [-0.2, 0) is 6.54 Å². The Bertz CT molecular complexity index is 1840. The van der Waals surface area contributed by atoms with Gasteiger partial charge in [-0.2, -0.15) is 0 Å². The summed E-state index contributed by atoms with van der Waals surface area (Å²) in [6, 6.07) is 26.1. The first kappa shape index (κ1) is 27.2. The van der Waals surface area contributed by atoms with Gasteiger partial charge in [0, 0.05) is 51.4 Å². The molecule has 1 aliphatic rings. The zero-order valence-corrected chi connectivity index (χ0v) is 24.2. The molecule has 2 N–H and O–H groups in total. The van der Waals surface area contributed by atoms with Crippen LogP contribution in [0.3, 0.4) is 0 Å². The molecule has 1 unspecified atom stereocenters. The molecule has 8 heteroatoms. The summed E-state index contributed by atoms with van der Waals surface area (Å²) in [5, 5.41) is 8.42. The number of nitrogens with zero attached hydrogens (tertiary/aromatic N) is 1. The quantitative estimate of drug-likeness (QED) is 0.230. The summed E-state index contributed by atoms with van der Waals surface area (Å²) in [7, 11) is 3.15. The zero-order valence-electron chi connectivity index (χ0n) is 23.4. The number of nitrogens with one attached hydrogen (secondary N) is 2. The Kier molecular flexibility index (Phi) is 7.22. The van der Waals surface area contributed by atoms with E-state index in [1.165, 1.54) is 11.3 Å². The van der Waals surface area contributed by atoms with E-state index < -0.39 is 6.04 Å². The maximum atomic E-state index is 14.2. The molecule has 1 aliphatic heterocycles. The monoisotopic (exact) mass is 575 g/mol. The minimum Gasteiger partial charge on any atom is -0.497 e. The molecular formula is C34H29N3O4S. The highest BCUT2D eigenvalue weighted by Crippen LogP contribution is 2.45. The number of aryl methyl sites for hydroxylation is 1. The van der Waals surface area contributed by atoms with Crippen molar-refractivity contribution >= 4 is 44.8 Å². The molecular weight excluding hydrogens is 546 g/mol. The van der Waals surface area contributed by atoms with Gasteiger partial charge in [-0.15, -0.1) is 11.3 Å². The third kappa shape index (κ3) is 4.80. The van der Waals surface area contributed by atoms with Crippen LogP contribution < -0.4 is 15.4 Å². The highest BCUT2D eigenvalue weighted by molar-refractivity contribution is 7.17. The lowest BCUT2D eigenvalue weighted by Gasteiger charge is -2.28. The summed E-state index contributed by atoms with van der Waals surface area (Å²) in [4.78, 5) is 42.6. The van der Waals surface area contributed by atoms with E-state index >= 15 is 0 Å². The van der Waals surface area contributed by atoms with Crippen LogP contribution in [0.2, 0.25) is 0 Å². The predicted octanol–water partition coefficient (Wildman–Crippen LogP) is 6.58. The molecule has 7 nitrogen and oxygen atoms in total. The first-order chi connectivity index (χ1) is 20.4. The van der Waals surface area contributed by atoms with Gasteiger partial charge in [0.15, 0.2) is 0 Å². The fourth-order valence-corrected chi connectivity index (χ4v) is 6.52. The molecule has 210 valence electrons. The number of thiophene rings is 1. The Hall–Kier alpha value is -4.95. The molecule has 6 rings (SSSR count). The second-order valence-corrected chi connectivity index (χ2v) is 11.1. The normalized spacial score (nSPS) is 14.1. The molecule has 5 aromatic rings. The minimum absolute atomic E-state index is 0.212. The van der Waals surface area contributed by atoms with E-state index in [1.807, 2.05) is 85.1 Å². The van der Waals surface area contributed by atoms with Gasteiger partial charge in [-0.05, 0) is 53.9 Å². The van der Waals surface area contributed by atoms with Gasteiger partial charge in [-0.3, -0.25) is 14.4 Å². The van der Waals surface area contributed by atoms with Crippen molar-refractivity contribution in [3.05, 3.63) is 129 Å². The molecule has 0 spiro atoms. The van der Waals surface area contributed by atoms with Gasteiger partial charge < -0.3 is 20.3 Å². The Labute approximate surface area is 247 Å². The molecule has 0 saturated carbocycles. The average Bonchev–Trinajstić information content (AvgIpc) is 3.57. The number of carbonyl (C=O) groups is 3. The number of amides is 3. The summed E-state index contributed by atoms with van der Waals surface area (Å²) in [5.74, 6) is -0.126. The van der Waals surface area contributed by atoms with Crippen molar-refractivity contribution in [2.75, 3.05) is 19.5 Å². The number of benzene rings is 4. The smallest absolute Gasteiger partial charge is 0.257 e. The van der Waals surface area contributed by atoms with Gasteiger partial charge in [-0.1, -0.05) is 54.6 Å². The summed E-state index contributed by atoms with van der Waals surface area (Å²) >= 11 is 1.50. The number of carbonyl (C=O) groups excluding carboxylic acids is 3. The van der Waals surface area contributed by atoms with E-state index in [-0.39, 0.29) is 17.7 Å². The van der Waals surface area contributed by atoms with Crippen LogP contribution >= 0.6 is 11.3 Å². The van der Waals surface area contributed by atoms with Crippen molar-refractivity contribution in [1.29, 1.82) is 0 Å². The topological polar surface area (TPSA) is 87.7 Å². The summed E-state index contributed by atoms with van der Waals surface area (Å²) < 4.78 is 6.32. The number of ether oxygens (including phenoxy) is 1.